The fraction of sp³-hybridized carbons (Fsp3) is 0.250. The second-order valence-electron chi connectivity index (χ2n) is 2.70. The summed E-state index contributed by atoms with van der Waals surface area (Å²) in [6.45, 7) is -0.0193. The lowest BCUT2D eigenvalue weighted by atomic mass is 10.2. The molecule has 1 aromatic carbocycles. The largest absolute Gasteiger partial charge is 0.265 e. The van der Waals surface area contributed by atoms with Crippen LogP contribution in [-0.4, -0.2) is 14.7 Å². The van der Waals surface area contributed by atoms with Crippen LogP contribution in [0.1, 0.15) is 5.56 Å². The van der Waals surface area contributed by atoms with Gasteiger partial charge in [0, 0.05) is 8.59 Å². The average molecular weight is 347 g/mol. The summed E-state index contributed by atoms with van der Waals surface area (Å²) in [5.41, 5.74) is 0.670. The van der Waals surface area contributed by atoms with E-state index in [9.17, 15) is 8.42 Å². The summed E-state index contributed by atoms with van der Waals surface area (Å²) in [7, 11) is -3.41. The zero-order valence-corrected chi connectivity index (χ0v) is 11.1. The van der Waals surface area contributed by atoms with Gasteiger partial charge in [-0.2, -0.15) is 8.42 Å². The van der Waals surface area contributed by atoms with E-state index >= 15 is 0 Å². The molecular formula is C8H8ClIO3S. The van der Waals surface area contributed by atoms with E-state index in [2.05, 4.69) is 26.8 Å². The minimum Gasteiger partial charge on any atom is -0.265 e. The van der Waals surface area contributed by atoms with Crippen LogP contribution in [0.15, 0.2) is 18.2 Å². The van der Waals surface area contributed by atoms with Gasteiger partial charge in [-0.25, -0.2) is 0 Å². The van der Waals surface area contributed by atoms with Crippen molar-refractivity contribution < 1.29 is 12.6 Å². The molecule has 0 unspecified atom stereocenters. The summed E-state index contributed by atoms with van der Waals surface area (Å²) >= 11 is 7.97. The van der Waals surface area contributed by atoms with Crippen LogP contribution in [0.3, 0.4) is 0 Å². The molecule has 78 valence electrons. The molecule has 0 atom stereocenters. The van der Waals surface area contributed by atoms with Gasteiger partial charge in [0.25, 0.3) is 10.1 Å². The minimum absolute atomic E-state index is 0.0193. The highest BCUT2D eigenvalue weighted by Crippen LogP contribution is 2.19. The normalized spacial score (nSPS) is 11.6. The van der Waals surface area contributed by atoms with E-state index in [1.807, 2.05) is 6.07 Å². The molecule has 1 aromatic rings. The molecular weight excluding hydrogens is 339 g/mol. The van der Waals surface area contributed by atoms with Crippen LogP contribution >= 0.6 is 34.2 Å². The Kier molecular flexibility index (Phi) is 4.17. The molecule has 0 aliphatic rings. The predicted molar refractivity (Wildman–Crippen MR) is 63.8 cm³/mol. The van der Waals surface area contributed by atoms with Crippen LogP contribution in [-0.2, 0) is 20.9 Å². The Morgan fingerprint density at radius 2 is 2.14 bits per heavy atom. The molecule has 14 heavy (non-hydrogen) atoms. The van der Waals surface area contributed by atoms with E-state index in [-0.39, 0.29) is 6.61 Å². The summed E-state index contributed by atoms with van der Waals surface area (Å²) in [6, 6.07) is 5.34. The van der Waals surface area contributed by atoms with Crippen LogP contribution in [0.4, 0.5) is 0 Å². The van der Waals surface area contributed by atoms with E-state index < -0.39 is 10.1 Å². The molecule has 0 saturated heterocycles. The van der Waals surface area contributed by atoms with E-state index in [1.165, 1.54) is 0 Å². The molecule has 0 fully saturated rings. The van der Waals surface area contributed by atoms with Crippen molar-refractivity contribution in [1.29, 1.82) is 0 Å². The molecule has 0 saturated carbocycles. The van der Waals surface area contributed by atoms with Crippen LogP contribution in [0.2, 0.25) is 5.02 Å². The van der Waals surface area contributed by atoms with Gasteiger partial charge in [0.15, 0.2) is 0 Å². The first-order valence-corrected chi connectivity index (χ1v) is 6.94. The second-order valence-corrected chi connectivity index (χ2v) is 6.00. The highest BCUT2D eigenvalue weighted by atomic mass is 127. The van der Waals surface area contributed by atoms with Gasteiger partial charge >= 0.3 is 0 Å². The minimum atomic E-state index is -3.41. The van der Waals surface area contributed by atoms with Crippen molar-refractivity contribution in [1.82, 2.24) is 0 Å². The number of hydrogen-bond donors (Lipinski definition) is 0. The van der Waals surface area contributed by atoms with Crippen molar-refractivity contribution in [3.8, 4) is 0 Å². The van der Waals surface area contributed by atoms with Gasteiger partial charge in [-0.1, -0.05) is 11.6 Å². The van der Waals surface area contributed by atoms with E-state index in [0.717, 1.165) is 9.83 Å². The van der Waals surface area contributed by atoms with Gasteiger partial charge < -0.3 is 0 Å². The van der Waals surface area contributed by atoms with Crippen molar-refractivity contribution in [3.63, 3.8) is 0 Å². The number of benzene rings is 1. The summed E-state index contributed by atoms with van der Waals surface area (Å²) < 4.78 is 27.1. The van der Waals surface area contributed by atoms with Crippen molar-refractivity contribution >= 4 is 44.3 Å². The molecule has 0 heterocycles. The first-order chi connectivity index (χ1) is 6.38. The lowest BCUT2D eigenvalue weighted by Gasteiger charge is -2.04. The average Bonchev–Trinajstić information content (AvgIpc) is 2.05. The maximum Gasteiger partial charge on any atom is 0.264 e. The topological polar surface area (TPSA) is 43.4 Å². The SMILES string of the molecule is CS(=O)(=O)OCc1cc(I)ccc1Cl. The van der Waals surface area contributed by atoms with Gasteiger partial charge in [-0.3, -0.25) is 4.18 Å². The van der Waals surface area contributed by atoms with Gasteiger partial charge in [0.1, 0.15) is 0 Å². The van der Waals surface area contributed by atoms with Crippen LogP contribution in [0.5, 0.6) is 0 Å². The first-order valence-electron chi connectivity index (χ1n) is 3.67. The lowest BCUT2D eigenvalue weighted by Crippen LogP contribution is -2.03. The Hall–Kier alpha value is 0.150. The Balaban J connectivity index is 2.81. The number of rotatable bonds is 3. The maximum absolute atomic E-state index is 10.7. The molecule has 0 spiro atoms. The lowest BCUT2D eigenvalue weighted by molar-refractivity contribution is 0.311. The first kappa shape index (κ1) is 12.2. The van der Waals surface area contributed by atoms with Gasteiger partial charge in [-0.15, -0.1) is 0 Å². The Morgan fingerprint density at radius 3 is 2.71 bits per heavy atom. The molecule has 0 aliphatic carbocycles. The zero-order valence-electron chi connectivity index (χ0n) is 7.33. The summed E-state index contributed by atoms with van der Waals surface area (Å²) in [6.07, 6.45) is 1.01. The maximum atomic E-state index is 10.7. The van der Waals surface area contributed by atoms with Gasteiger partial charge in [-0.05, 0) is 46.4 Å². The second kappa shape index (κ2) is 4.78. The Labute approximate surface area is 102 Å². The van der Waals surface area contributed by atoms with Gasteiger partial charge in [0.2, 0.25) is 0 Å². The summed E-state index contributed by atoms with van der Waals surface area (Å²) in [5.74, 6) is 0. The van der Waals surface area contributed by atoms with Crippen LogP contribution in [0, 0.1) is 3.57 Å². The molecule has 1 rings (SSSR count). The van der Waals surface area contributed by atoms with Crippen LogP contribution < -0.4 is 0 Å². The third-order valence-electron chi connectivity index (χ3n) is 1.44. The standard InChI is InChI=1S/C8H8ClIO3S/c1-14(11,12)13-5-6-4-7(10)2-3-8(6)9/h2-4H,5H2,1H3. The number of hydrogen-bond acceptors (Lipinski definition) is 3. The highest BCUT2D eigenvalue weighted by Gasteiger charge is 2.06. The zero-order chi connectivity index (χ0) is 10.8. The number of halogens is 2. The highest BCUT2D eigenvalue weighted by molar-refractivity contribution is 14.1. The van der Waals surface area contributed by atoms with Crippen molar-refractivity contribution in [2.45, 2.75) is 6.61 Å². The molecule has 0 aliphatic heterocycles. The quantitative estimate of drug-likeness (QED) is 0.624. The molecule has 0 aromatic heterocycles. The summed E-state index contributed by atoms with van der Waals surface area (Å²) in [4.78, 5) is 0. The molecule has 3 nitrogen and oxygen atoms in total. The van der Waals surface area contributed by atoms with Gasteiger partial charge in [0.05, 0.1) is 12.9 Å². The molecule has 0 bridgehead atoms. The predicted octanol–water partition coefficient (Wildman–Crippen LogP) is 2.42. The monoisotopic (exact) mass is 346 g/mol. The Morgan fingerprint density at radius 1 is 1.50 bits per heavy atom. The third kappa shape index (κ3) is 4.12. The van der Waals surface area contributed by atoms with E-state index in [0.29, 0.717) is 10.6 Å². The Bertz CT molecular complexity index is 430. The fourth-order valence-electron chi connectivity index (χ4n) is 0.824. The molecule has 0 amide bonds. The molecule has 0 radical (unpaired) electrons. The summed E-state index contributed by atoms with van der Waals surface area (Å²) in [5, 5.41) is 0.508. The van der Waals surface area contributed by atoms with E-state index in [4.69, 9.17) is 11.6 Å². The molecule has 6 heteroatoms. The fourth-order valence-corrected chi connectivity index (χ4v) is 1.89. The third-order valence-corrected chi connectivity index (χ3v) is 3.02. The van der Waals surface area contributed by atoms with Crippen molar-refractivity contribution in [3.05, 3.63) is 32.4 Å². The van der Waals surface area contributed by atoms with Crippen molar-refractivity contribution in [2.75, 3.05) is 6.26 Å². The van der Waals surface area contributed by atoms with Crippen LogP contribution in [0.25, 0.3) is 0 Å². The van der Waals surface area contributed by atoms with Crippen molar-refractivity contribution in [2.24, 2.45) is 0 Å². The van der Waals surface area contributed by atoms with E-state index in [1.54, 1.807) is 12.1 Å². The molecule has 0 N–H and O–H groups in total. The smallest absolute Gasteiger partial charge is 0.264 e.